The van der Waals surface area contributed by atoms with Crippen LogP contribution in [0.4, 0.5) is 13.2 Å². The van der Waals surface area contributed by atoms with E-state index in [9.17, 15) is 22.8 Å². The van der Waals surface area contributed by atoms with Gasteiger partial charge in [0.15, 0.2) is 0 Å². The number of alkyl halides is 3. The number of nitrogens with zero attached hydrogens (tertiary/aromatic N) is 1. The van der Waals surface area contributed by atoms with E-state index < -0.39 is 24.5 Å². The number of aliphatic carboxylic acids is 2. The molecule has 168 valence electrons. The predicted octanol–water partition coefficient (Wildman–Crippen LogP) is 4.21. The van der Waals surface area contributed by atoms with Crippen LogP contribution in [0.3, 0.4) is 0 Å². The van der Waals surface area contributed by atoms with Crippen LogP contribution in [0, 0.1) is 0 Å². The van der Waals surface area contributed by atoms with Crippen molar-refractivity contribution in [2.45, 2.75) is 38.0 Å². The highest BCUT2D eigenvalue weighted by atomic mass is 35.5. The third kappa shape index (κ3) is 10.8. The van der Waals surface area contributed by atoms with Gasteiger partial charge in [-0.05, 0) is 37.6 Å². The van der Waals surface area contributed by atoms with E-state index in [0.29, 0.717) is 28.7 Å². The highest BCUT2D eigenvalue weighted by Crippen LogP contribution is 2.29. The van der Waals surface area contributed by atoms with Crippen molar-refractivity contribution in [3.05, 3.63) is 46.0 Å². The summed E-state index contributed by atoms with van der Waals surface area (Å²) in [5.74, 6) is -2.51. The van der Waals surface area contributed by atoms with Crippen LogP contribution in [0.25, 0.3) is 0 Å². The molecule has 1 heterocycles. The van der Waals surface area contributed by atoms with Gasteiger partial charge >= 0.3 is 18.1 Å². The zero-order valence-electron chi connectivity index (χ0n) is 16.0. The minimum atomic E-state index is -4.15. The van der Waals surface area contributed by atoms with E-state index in [0.717, 1.165) is 31.5 Å². The maximum Gasteiger partial charge on any atom is 0.390 e. The Morgan fingerprint density at radius 1 is 1.13 bits per heavy atom. The second-order valence-corrected chi connectivity index (χ2v) is 7.32. The second kappa shape index (κ2) is 12.8. The summed E-state index contributed by atoms with van der Waals surface area (Å²) in [6.07, 6.45) is -2.16. The summed E-state index contributed by atoms with van der Waals surface area (Å²) in [5.41, 5.74) is 0.773. The molecule has 2 rings (SSSR count). The van der Waals surface area contributed by atoms with E-state index in [4.69, 9.17) is 33.4 Å². The monoisotopic (exact) mass is 470 g/mol. The minimum absolute atomic E-state index is 0.0169. The van der Waals surface area contributed by atoms with Crippen LogP contribution in [0.2, 0.25) is 10.0 Å². The number of piperidine rings is 1. The molecule has 1 aliphatic rings. The fraction of sp³-hybridized carbons (Fsp3) is 0.474. The number of rotatable bonds is 7. The predicted molar refractivity (Wildman–Crippen MR) is 108 cm³/mol. The van der Waals surface area contributed by atoms with Crippen molar-refractivity contribution in [2.75, 3.05) is 19.6 Å². The number of carbonyl (C=O) groups is 2. The molecule has 6 nitrogen and oxygen atoms in total. The van der Waals surface area contributed by atoms with Crippen LogP contribution in [0.1, 0.15) is 24.8 Å². The van der Waals surface area contributed by atoms with Crippen LogP contribution in [-0.2, 0) is 16.1 Å². The molecule has 0 saturated carbocycles. The number of carboxylic acid groups (broad SMARTS) is 2. The summed E-state index contributed by atoms with van der Waals surface area (Å²) in [6.45, 7) is 2.03. The van der Waals surface area contributed by atoms with Gasteiger partial charge in [0.25, 0.3) is 0 Å². The lowest BCUT2D eigenvalue weighted by atomic mass is 10.0. The lowest BCUT2D eigenvalue weighted by Gasteiger charge is -2.35. The number of nitrogens with one attached hydrogen (secondary N) is 1. The van der Waals surface area contributed by atoms with Crippen molar-refractivity contribution in [2.24, 2.45) is 0 Å². The van der Waals surface area contributed by atoms with Gasteiger partial charge in [-0.25, -0.2) is 9.59 Å². The lowest BCUT2D eigenvalue weighted by molar-refractivity contribution is -0.140. The second-order valence-electron chi connectivity index (χ2n) is 6.54. The maximum absolute atomic E-state index is 12.6. The zero-order chi connectivity index (χ0) is 22.7. The molecule has 30 heavy (non-hydrogen) atoms. The van der Waals surface area contributed by atoms with Crippen molar-refractivity contribution < 1.29 is 33.0 Å². The van der Waals surface area contributed by atoms with Gasteiger partial charge < -0.3 is 15.5 Å². The largest absolute Gasteiger partial charge is 0.478 e. The lowest BCUT2D eigenvalue weighted by Crippen LogP contribution is -2.44. The Balaban J connectivity index is 0.000000479. The molecule has 1 aliphatic heterocycles. The first-order valence-electron chi connectivity index (χ1n) is 9.08. The standard InChI is InChI=1S/C15H19Cl2F3N2.C4H4O4/c16-13-3-1-2-11(14(13)17)10-22(9-6-15(18,19)20)12-4-7-21-8-5-12;5-3(6)1-2-4(7)8/h1-3,12,21H,4-10H2;1-2H,(H,5,6)(H,7,8)/b;2-1+. The normalized spacial score (nSPS) is 15.1. The fourth-order valence-corrected chi connectivity index (χ4v) is 3.24. The Labute approximate surface area is 182 Å². The Morgan fingerprint density at radius 2 is 1.70 bits per heavy atom. The summed E-state index contributed by atoms with van der Waals surface area (Å²) >= 11 is 12.2. The molecule has 0 amide bonds. The molecule has 1 fully saturated rings. The van der Waals surface area contributed by atoms with Gasteiger partial charge in [-0.3, -0.25) is 4.90 Å². The fourth-order valence-electron chi connectivity index (χ4n) is 2.86. The molecule has 0 unspecified atom stereocenters. The molecule has 11 heteroatoms. The van der Waals surface area contributed by atoms with E-state index in [1.165, 1.54) is 0 Å². The van der Waals surface area contributed by atoms with Crippen LogP contribution < -0.4 is 5.32 Å². The molecule has 0 spiro atoms. The molecular formula is C19H23Cl2F3N2O4. The van der Waals surface area contributed by atoms with Crippen molar-refractivity contribution >= 4 is 35.1 Å². The van der Waals surface area contributed by atoms with Crippen LogP contribution in [0.15, 0.2) is 30.4 Å². The van der Waals surface area contributed by atoms with E-state index in [-0.39, 0.29) is 12.6 Å². The SMILES string of the molecule is FC(F)(F)CCN(Cc1cccc(Cl)c1Cl)C1CCNCC1.O=C(O)/C=C/C(=O)O. The van der Waals surface area contributed by atoms with Crippen molar-refractivity contribution in [1.29, 1.82) is 0 Å². The van der Waals surface area contributed by atoms with Gasteiger partial charge in [-0.1, -0.05) is 35.3 Å². The van der Waals surface area contributed by atoms with Crippen molar-refractivity contribution in [1.82, 2.24) is 10.2 Å². The summed E-state index contributed by atoms with van der Waals surface area (Å²) in [6, 6.07) is 5.40. The molecule has 1 saturated heterocycles. The number of halogens is 5. The highest BCUT2D eigenvalue weighted by Gasteiger charge is 2.30. The van der Waals surface area contributed by atoms with Gasteiger partial charge in [0, 0.05) is 31.3 Å². The van der Waals surface area contributed by atoms with Crippen LogP contribution in [-0.4, -0.2) is 58.9 Å². The third-order valence-electron chi connectivity index (χ3n) is 4.28. The van der Waals surface area contributed by atoms with E-state index in [1.54, 1.807) is 12.1 Å². The summed E-state index contributed by atoms with van der Waals surface area (Å²) in [7, 11) is 0. The highest BCUT2D eigenvalue weighted by molar-refractivity contribution is 6.42. The quantitative estimate of drug-likeness (QED) is 0.517. The summed E-state index contributed by atoms with van der Waals surface area (Å²) < 4.78 is 37.7. The molecule has 1 aromatic rings. The average molecular weight is 471 g/mol. The number of carboxylic acids is 2. The van der Waals surface area contributed by atoms with Crippen LogP contribution >= 0.6 is 23.2 Å². The first kappa shape index (κ1) is 26.2. The topological polar surface area (TPSA) is 89.9 Å². The molecule has 0 radical (unpaired) electrons. The summed E-state index contributed by atoms with van der Waals surface area (Å²) in [5, 5.41) is 19.7. The molecule has 0 atom stereocenters. The van der Waals surface area contributed by atoms with Gasteiger partial charge in [0.1, 0.15) is 0 Å². The van der Waals surface area contributed by atoms with Crippen molar-refractivity contribution in [3.8, 4) is 0 Å². The molecule has 0 aliphatic carbocycles. The van der Waals surface area contributed by atoms with Gasteiger partial charge in [0.2, 0.25) is 0 Å². The Hall–Kier alpha value is -1.81. The van der Waals surface area contributed by atoms with E-state index in [2.05, 4.69) is 5.32 Å². The third-order valence-corrected chi connectivity index (χ3v) is 5.14. The number of hydrogen-bond acceptors (Lipinski definition) is 4. The number of benzene rings is 1. The number of hydrogen-bond donors (Lipinski definition) is 3. The van der Waals surface area contributed by atoms with Crippen molar-refractivity contribution in [3.63, 3.8) is 0 Å². The molecule has 0 bridgehead atoms. The molecule has 3 N–H and O–H groups in total. The Bertz CT molecular complexity index is 723. The molecular weight excluding hydrogens is 448 g/mol. The van der Waals surface area contributed by atoms with Gasteiger partial charge in [0.05, 0.1) is 16.5 Å². The average Bonchev–Trinajstić information content (AvgIpc) is 2.67. The maximum atomic E-state index is 12.6. The smallest absolute Gasteiger partial charge is 0.390 e. The van der Waals surface area contributed by atoms with E-state index >= 15 is 0 Å². The van der Waals surface area contributed by atoms with E-state index in [1.807, 2.05) is 11.0 Å². The first-order valence-corrected chi connectivity index (χ1v) is 9.83. The van der Waals surface area contributed by atoms with Gasteiger partial charge in [-0.15, -0.1) is 0 Å². The summed E-state index contributed by atoms with van der Waals surface area (Å²) in [4.78, 5) is 21.0. The van der Waals surface area contributed by atoms with Crippen LogP contribution in [0.5, 0.6) is 0 Å². The first-order chi connectivity index (χ1) is 14.0. The molecule has 1 aromatic carbocycles. The molecule has 0 aromatic heterocycles. The zero-order valence-corrected chi connectivity index (χ0v) is 17.5. The Morgan fingerprint density at radius 3 is 2.20 bits per heavy atom. The van der Waals surface area contributed by atoms with Gasteiger partial charge in [-0.2, -0.15) is 13.2 Å². The minimum Gasteiger partial charge on any atom is -0.478 e. The Kier molecular flexibility index (Phi) is 11.2.